The molecule has 4 rings (SSSR count). The molecule has 0 unspecified atom stereocenters. The van der Waals surface area contributed by atoms with Gasteiger partial charge in [0.1, 0.15) is 0 Å². The van der Waals surface area contributed by atoms with Crippen LogP contribution in [0, 0.1) is 27.7 Å². The Balaban J connectivity index is 1.49. The molecule has 2 amide bonds. The third-order valence-electron chi connectivity index (χ3n) is 5.71. The highest BCUT2D eigenvalue weighted by atomic mass is 16.5. The Labute approximate surface area is 175 Å². The fraction of sp³-hybridized carbons (Fsp3) is 0.348. The smallest absolute Gasteiger partial charge is 0.292 e. The predicted octanol–water partition coefficient (Wildman–Crippen LogP) is 3.30. The van der Waals surface area contributed by atoms with Crippen LogP contribution in [-0.4, -0.2) is 57.5 Å². The molecule has 2 aromatic heterocycles. The van der Waals surface area contributed by atoms with Gasteiger partial charge in [-0.05, 0) is 45.4 Å². The predicted molar refractivity (Wildman–Crippen MR) is 113 cm³/mol. The van der Waals surface area contributed by atoms with E-state index in [9.17, 15) is 9.59 Å². The minimum atomic E-state index is -0.180. The van der Waals surface area contributed by atoms with E-state index in [2.05, 4.69) is 28.8 Å². The van der Waals surface area contributed by atoms with E-state index in [1.54, 1.807) is 17.9 Å². The molecular weight excluding hydrogens is 380 g/mol. The van der Waals surface area contributed by atoms with E-state index in [4.69, 9.17) is 4.52 Å². The normalized spacial score (nSPS) is 14.3. The highest BCUT2D eigenvalue weighted by Crippen LogP contribution is 2.24. The SMILES string of the molecule is Cc1cc(C(=O)N2CCN(C(=O)c3cc(C)n(-c4ccccc4C)c3C)CC2)on1. The van der Waals surface area contributed by atoms with Crippen molar-refractivity contribution in [2.75, 3.05) is 26.2 Å². The Bertz CT molecular complexity index is 1100. The van der Waals surface area contributed by atoms with Gasteiger partial charge in [0.15, 0.2) is 0 Å². The van der Waals surface area contributed by atoms with E-state index in [0.717, 1.165) is 22.6 Å². The zero-order chi connectivity index (χ0) is 21.4. The van der Waals surface area contributed by atoms with Crippen LogP contribution in [0.1, 0.15) is 43.6 Å². The van der Waals surface area contributed by atoms with Gasteiger partial charge < -0.3 is 18.9 Å². The molecule has 7 nitrogen and oxygen atoms in total. The van der Waals surface area contributed by atoms with Crippen molar-refractivity contribution in [3.63, 3.8) is 0 Å². The van der Waals surface area contributed by atoms with E-state index < -0.39 is 0 Å². The Hall–Kier alpha value is -3.35. The maximum absolute atomic E-state index is 13.2. The molecule has 1 aliphatic heterocycles. The average Bonchev–Trinajstić information content (AvgIpc) is 3.30. The Morgan fingerprint density at radius 1 is 0.900 bits per heavy atom. The number of nitrogens with zero attached hydrogens (tertiary/aromatic N) is 4. The summed E-state index contributed by atoms with van der Waals surface area (Å²) >= 11 is 0. The second kappa shape index (κ2) is 7.82. The van der Waals surface area contributed by atoms with Crippen molar-refractivity contribution in [2.24, 2.45) is 0 Å². The quantitative estimate of drug-likeness (QED) is 0.669. The van der Waals surface area contributed by atoms with Gasteiger partial charge in [0, 0.05) is 49.3 Å². The van der Waals surface area contributed by atoms with Gasteiger partial charge in [0.25, 0.3) is 11.8 Å². The van der Waals surface area contributed by atoms with Gasteiger partial charge in [-0.2, -0.15) is 0 Å². The molecule has 1 fully saturated rings. The highest BCUT2D eigenvalue weighted by molar-refractivity contribution is 5.96. The molecule has 0 aliphatic carbocycles. The first-order chi connectivity index (χ1) is 14.4. The number of aryl methyl sites for hydroxylation is 3. The lowest BCUT2D eigenvalue weighted by molar-refractivity contribution is 0.0512. The summed E-state index contributed by atoms with van der Waals surface area (Å²) in [5, 5.41) is 3.78. The van der Waals surface area contributed by atoms with Crippen LogP contribution in [0.4, 0.5) is 0 Å². The van der Waals surface area contributed by atoms with E-state index in [0.29, 0.717) is 37.4 Å². The van der Waals surface area contributed by atoms with Crippen molar-refractivity contribution < 1.29 is 14.1 Å². The summed E-state index contributed by atoms with van der Waals surface area (Å²) in [5.74, 6) is 0.0695. The van der Waals surface area contributed by atoms with Crippen molar-refractivity contribution in [3.05, 3.63) is 70.4 Å². The molecule has 0 saturated carbocycles. The maximum Gasteiger partial charge on any atom is 0.292 e. The fourth-order valence-electron chi connectivity index (χ4n) is 4.07. The number of carbonyl (C=O) groups excluding carboxylic acids is 2. The monoisotopic (exact) mass is 406 g/mol. The summed E-state index contributed by atoms with van der Waals surface area (Å²) in [5.41, 5.74) is 5.59. The molecule has 3 heterocycles. The van der Waals surface area contributed by atoms with Crippen molar-refractivity contribution in [1.29, 1.82) is 0 Å². The first-order valence-corrected chi connectivity index (χ1v) is 10.1. The summed E-state index contributed by atoms with van der Waals surface area (Å²) in [6, 6.07) is 11.8. The zero-order valence-electron chi connectivity index (χ0n) is 17.8. The Kier molecular flexibility index (Phi) is 5.20. The van der Waals surface area contributed by atoms with Crippen molar-refractivity contribution in [2.45, 2.75) is 27.7 Å². The minimum Gasteiger partial charge on any atom is -0.351 e. The van der Waals surface area contributed by atoms with Crippen LogP contribution >= 0.6 is 0 Å². The average molecular weight is 406 g/mol. The first kappa shape index (κ1) is 19.9. The van der Waals surface area contributed by atoms with Crippen molar-refractivity contribution >= 4 is 11.8 Å². The van der Waals surface area contributed by atoms with Gasteiger partial charge in [0.2, 0.25) is 5.76 Å². The summed E-state index contributed by atoms with van der Waals surface area (Å²) in [7, 11) is 0. The molecule has 0 N–H and O–H groups in total. The standard InChI is InChI=1S/C23H26N4O3/c1-15-7-5-6-8-20(15)27-17(3)14-19(18(27)4)22(28)25-9-11-26(12-10-25)23(29)21-13-16(2)24-30-21/h5-8,13-14H,9-12H2,1-4H3. The van der Waals surface area contributed by atoms with Crippen LogP contribution in [0.2, 0.25) is 0 Å². The number of para-hydroxylation sites is 1. The van der Waals surface area contributed by atoms with Gasteiger partial charge in [-0.15, -0.1) is 0 Å². The van der Waals surface area contributed by atoms with Crippen LogP contribution in [-0.2, 0) is 0 Å². The summed E-state index contributed by atoms with van der Waals surface area (Å²) < 4.78 is 7.22. The summed E-state index contributed by atoms with van der Waals surface area (Å²) in [6.07, 6.45) is 0. The molecule has 156 valence electrons. The molecule has 7 heteroatoms. The van der Waals surface area contributed by atoms with E-state index in [-0.39, 0.29) is 17.6 Å². The number of amides is 2. The molecule has 0 atom stereocenters. The maximum atomic E-state index is 13.2. The van der Waals surface area contributed by atoms with Crippen molar-refractivity contribution in [3.8, 4) is 5.69 Å². The molecule has 1 aliphatic rings. The molecule has 1 aromatic carbocycles. The van der Waals surface area contributed by atoms with E-state index in [1.807, 2.05) is 36.9 Å². The number of hydrogen-bond donors (Lipinski definition) is 0. The molecule has 1 saturated heterocycles. The molecule has 0 radical (unpaired) electrons. The molecular formula is C23H26N4O3. The second-order valence-electron chi connectivity index (χ2n) is 7.82. The number of hydrogen-bond acceptors (Lipinski definition) is 4. The topological polar surface area (TPSA) is 71.6 Å². The third-order valence-corrected chi connectivity index (χ3v) is 5.71. The number of rotatable bonds is 3. The van der Waals surface area contributed by atoms with E-state index in [1.165, 1.54) is 0 Å². The molecule has 0 bridgehead atoms. The van der Waals surface area contributed by atoms with Crippen LogP contribution in [0.5, 0.6) is 0 Å². The third kappa shape index (κ3) is 3.51. The largest absolute Gasteiger partial charge is 0.351 e. The first-order valence-electron chi connectivity index (χ1n) is 10.1. The number of aromatic nitrogens is 2. The van der Waals surface area contributed by atoms with E-state index >= 15 is 0 Å². The van der Waals surface area contributed by atoms with Crippen LogP contribution < -0.4 is 0 Å². The van der Waals surface area contributed by atoms with Gasteiger partial charge in [-0.1, -0.05) is 23.4 Å². The number of carbonyl (C=O) groups is 2. The van der Waals surface area contributed by atoms with Crippen LogP contribution in [0.25, 0.3) is 5.69 Å². The van der Waals surface area contributed by atoms with Crippen LogP contribution in [0.3, 0.4) is 0 Å². The molecule has 0 spiro atoms. The van der Waals surface area contributed by atoms with Gasteiger partial charge in [0.05, 0.1) is 11.3 Å². The summed E-state index contributed by atoms with van der Waals surface area (Å²) in [4.78, 5) is 29.3. The lowest BCUT2D eigenvalue weighted by Gasteiger charge is -2.34. The Morgan fingerprint density at radius 3 is 2.13 bits per heavy atom. The second-order valence-corrected chi connectivity index (χ2v) is 7.82. The number of piperazine rings is 1. The molecule has 30 heavy (non-hydrogen) atoms. The lowest BCUT2D eigenvalue weighted by atomic mass is 10.1. The van der Waals surface area contributed by atoms with Crippen molar-refractivity contribution in [1.82, 2.24) is 19.5 Å². The summed E-state index contributed by atoms with van der Waals surface area (Å²) in [6.45, 7) is 9.79. The van der Waals surface area contributed by atoms with Gasteiger partial charge in [-0.3, -0.25) is 9.59 Å². The highest BCUT2D eigenvalue weighted by Gasteiger charge is 2.29. The van der Waals surface area contributed by atoms with Gasteiger partial charge >= 0.3 is 0 Å². The Morgan fingerprint density at radius 2 is 1.53 bits per heavy atom. The lowest BCUT2D eigenvalue weighted by Crippen LogP contribution is -2.50. The fourth-order valence-corrected chi connectivity index (χ4v) is 4.07. The minimum absolute atomic E-state index is 0.00513. The van der Waals surface area contributed by atoms with Crippen LogP contribution in [0.15, 0.2) is 40.9 Å². The zero-order valence-corrected chi connectivity index (χ0v) is 17.8. The number of benzene rings is 1. The van der Waals surface area contributed by atoms with Gasteiger partial charge in [-0.25, -0.2) is 0 Å². The molecule has 3 aromatic rings.